The zero-order chi connectivity index (χ0) is 14.4. The van der Waals surface area contributed by atoms with Crippen LogP contribution in [-0.4, -0.2) is 21.9 Å². The number of anilines is 1. The van der Waals surface area contributed by atoms with Gasteiger partial charge in [0, 0.05) is 30.0 Å². The van der Waals surface area contributed by atoms with Gasteiger partial charge in [0.15, 0.2) is 5.78 Å². The first kappa shape index (κ1) is 12.6. The van der Waals surface area contributed by atoms with Gasteiger partial charge < -0.3 is 9.47 Å². The second-order valence-electron chi connectivity index (χ2n) is 6.09. The molecule has 1 aromatic heterocycles. The van der Waals surface area contributed by atoms with Crippen molar-refractivity contribution in [2.75, 3.05) is 11.4 Å². The smallest absolute Gasteiger partial charge is 0.159 e. The monoisotopic (exact) mass is 281 g/mol. The Kier molecular flexibility index (Phi) is 2.84. The molecule has 0 radical (unpaired) electrons. The van der Waals surface area contributed by atoms with Gasteiger partial charge in [0.2, 0.25) is 0 Å². The van der Waals surface area contributed by atoms with Crippen molar-refractivity contribution < 1.29 is 4.79 Å². The first-order valence-corrected chi connectivity index (χ1v) is 7.62. The average molecular weight is 281 g/mol. The minimum atomic E-state index is 0.142. The lowest BCUT2D eigenvalue weighted by Gasteiger charge is -2.20. The number of nitrogens with zero attached hydrogens (tertiary/aromatic N) is 3. The molecule has 2 heterocycles. The van der Waals surface area contributed by atoms with E-state index < -0.39 is 0 Å². The minimum Gasteiger partial charge on any atom is -0.365 e. The number of hydrogen-bond acceptors (Lipinski definition) is 3. The van der Waals surface area contributed by atoms with Gasteiger partial charge in [-0.05, 0) is 49.9 Å². The van der Waals surface area contributed by atoms with Crippen LogP contribution in [0.3, 0.4) is 0 Å². The van der Waals surface area contributed by atoms with Gasteiger partial charge in [-0.1, -0.05) is 0 Å². The molecule has 1 fully saturated rings. The highest BCUT2D eigenvalue weighted by Gasteiger charge is 2.27. The second-order valence-corrected chi connectivity index (χ2v) is 6.09. The number of benzene rings is 1. The molecule has 4 rings (SSSR count). The maximum absolute atomic E-state index is 11.5. The molecular weight excluding hydrogens is 262 g/mol. The number of carbonyl (C=O) groups excluding carboxylic acids is 1. The maximum atomic E-state index is 11.5. The molecule has 1 aromatic carbocycles. The van der Waals surface area contributed by atoms with E-state index in [0.29, 0.717) is 6.04 Å². The maximum Gasteiger partial charge on any atom is 0.159 e. The Balaban J connectivity index is 1.59. The standard InChI is InChI=1S/C17H19N3O/c1-12(21)13-2-5-17-14(8-13)6-7-19(17)10-16-9-18-11-20(16)15-3-4-15/h2,5,8-9,11,15H,3-4,6-7,10H2,1H3. The SMILES string of the molecule is CC(=O)c1ccc2c(c1)CCN2Cc1cncn1C1CC1. The fourth-order valence-electron chi connectivity index (χ4n) is 3.18. The van der Waals surface area contributed by atoms with Gasteiger partial charge in [-0.15, -0.1) is 0 Å². The lowest BCUT2D eigenvalue weighted by molar-refractivity contribution is 0.101. The van der Waals surface area contributed by atoms with Crippen LogP contribution in [0.25, 0.3) is 0 Å². The Bertz CT molecular complexity index is 700. The topological polar surface area (TPSA) is 38.1 Å². The van der Waals surface area contributed by atoms with E-state index in [1.807, 2.05) is 18.6 Å². The van der Waals surface area contributed by atoms with Crippen molar-refractivity contribution in [3.63, 3.8) is 0 Å². The number of imidazole rings is 1. The predicted octanol–water partition coefficient (Wildman–Crippen LogP) is 2.98. The van der Waals surface area contributed by atoms with E-state index in [2.05, 4.69) is 26.6 Å². The van der Waals surface area contributed by atoms with Crippen LogP contribution in [0.4, 0.5) is 5.69 Å². The van der Waals surface area contributed by atoms with Gasteiger partial charge in [0.25, 0.3) is 0 Å². The number of ketones is 1. The highest BCUT2D eigenvalue weighted by molar-refractivity contribution is 5.94. The molecule has 4 heteroatoms. The van der Waals surface area contributed by atoms with Crippen molar-refractivity contribution in [2.24, 2.45) is 0 Å². The van der Waals surface area contributed by atoms with Crippen LogP contribution in [0.5, 0.6) is 0 Å². The third kappa shape index (κ3) is 2.24. The minimum absolute atomic E-state index is 0.142. The lowest BCUT2D eigenvalue weighted by Crippen LogP contribution is -2.21. The fourth-order valence-corrected chi connectivity index (χ4v) is 3.18. The van der Waals surface area contributed by atoms with Crippen LogP contribution < -0.4 is 4.90 Å². The number of fused-ring (bicyclic) bond motifs is 1. The molecule has 21 heavy (non-hydrogen) atoms. The van der Waals surface area contributed by atoms with E-state index in [0.717, 1.165) is 25.1 Å². The zero-order valence-electron chi connectivity index (χ0n) is 12.2. The molecule has 0 unspecified atom stereocenters. The molecular formula is C17H19N3O. The van der Waals surface area contributed by atoms with E-state index in [4.69, 9.17) is 0 Å². The largest absolute Gasteiger partial charge is 0.365 e. The van der Waals surface area contributed by atoms with Crippen LogP contribution in [0.15, 0.2) is 30.7 Å². The highest BCUT2D eigenvalue weighted by Crippen LogP contribution is 2.37. The van der Waals surface area contributed by atoms with E-state index in [-0.39, 0.29) is 5.78 Å². The Morgan fingerprint density at radius 1 is 1.38 bits per heavy atom. The van der Waals surface area contributed by atoms with Crippen molar-refractivity contribution in [1.82, 2.24) is 9.55 Å². The van der Waals surface area contributed by atoms with Crippen molar-refractivity contribution in [2.45, 2.75) is 38.8 Å². The summed E-state index contributed by atoms with van der Waals surface area (Å²) in [6.07, 6.45) is 7.53. The third-order valence-electron chi connectivity index (χ3n) is 4.52. The Morgan fingerprint density at radius 3 is 3.00 bits per heavy atom. The number of rotatable bonds is 4. The summed E-state index contributed by atoms with van der Waals surface area (Å²) in [5.74, 6) is 0.142. The summed E-state index contributed by atoms with van der Waals surface area (Å²) in [4.78, 5) is 18.2. The Morgan fingerprint density at radius 2 is 2.24 bits per heavy atom. The molecule has 2 aromatic rings. The molecule has 0 N–H and O–H groups in total. The van der Waals surface area contributed by atoms with Crippen molar-refractivity contribution in [3.8, 4) is 0 Å². The van der Waals surface area contributed by atoms with E-state index in [1.54, 1.807) is 6.92 Å². The normalized spacial score (nSPS) is 17.1. The molecule has 2 aliphatic rings. The average Bonchev–Trinajstić information content (AvgIpc) is 3.09. The van der Waals surface area contributed by atoms with Crippen LogP contribution in [0.1, 0.15) is 47.4 Å². The summed E-state index contributed by atoms with van der Waals surface area (Å²) in [7, 11) is 0. The van der Waals surface area contributed by atoms with Gasteiger partial charge in [-0.25, -0.2) is 4.98 Å². The van der Waals surface area contributed by atoms with E-state index in [1.165, 1.54) is 29.8 Å². The summed E-state index contributed by atoms with van der Waals surface area (Å²) in [5, 5.41) is 0. The first-order chi connectivity index (χ1) is 10.2. The molecule has 0 spiro atoms. The zero-order valence-corrected chi connectivity index (χ0v) is 12.2. The number of aromatic nitrogens is 2. The molecule has 108 valence electrons. The third-order valence-corrected chi connectivity index (χ3v) is 4.52. The molecule has 1 aliphatic heterocycles. The number of Topliss-reactive ketones (excluding diaryl/α,β-unsaturated/α-hetero) is 1. The van der Waals surface area contributed by atoms with Gasteiger partial charge in [-0.3, -0.25) is 4.79 Å². The molecule has 1 aliphatic carbocycles. The van der Waals surface area contributed by atoms with Crippen molar-refractivity contribution in [1.29, 1.82) is 0 Å². The summed E-state index contributed by atoms with van der Waals surface area (Å²) < 4.78 is 2.32. The lowest BCUT2D eigenvalue weighted by atomic mass is 10.1. The highest BCUT2D eigenvalue weighted by atomic mass is 16.1. The Labute approximate surface area is 124 Å². The quantitative estimate of drug-likeness (QED) is 0.809. The van der Waals surface area contributed by atoms with Gasteiger partial charge >= 0.3 is 0 Å². The van der Waals surface area contributed by atoms with Gasteiger partial charge in [0.05, 0.1) is 18.6 Å². The van der Waals surface area contributed by atoms with E-state index in [9.17, 15) is 4.79 Å². The summed E-state index contributed by atoms with van der Waals surface area (Å²) >= 11 is 0. The molecule has 0 amide bonds. The number of carbonyl (C=O) groups is 1. The molecule has 4 nitrogen and oxygen atoms in total. The number of hydrogen-bond donors (Lipinski definition) is 0. The molecule has 0 atom stereocenters. The van der Waals surface area contributed by atoms with E-state index >= 15 is 0 Å². The van der Waals surface area contributed by atoms with Crippen LogP contribution >= 0.6 is 0 Å². The van der Waals surface area contributed by atoms with Crippen molar-refractivity contribution >= 4 is 11.5 Å². The van der Waals surface area contributed by atoms with Gasteiger partial charge in [0.1, 0.15) is 0 Å². The summed E-state index contributed by atoms with van der Waals surface area (Å²) in [6, 6.07) is 6.76. The first-order valence-electron chi connectivity index (χ1n) is 7.62. The Hall–Kier alpha value is -2.10. The summed E-state index contributed by atoms with van der Waals surface area (Å²) in [5.41, 5.74) is 4.67. The fraction of sp³-hybridized carbons (Fsp3) is 0.412. The van der Waals surface area contributed by atoms with Gasteiger partial charge in [-0.2, -0.15) is 0 Å². The molecule has 0 bridgehead atoms. The second kappa shape index (κ2) is 4.72. The van der Waals surface area contributed by atoms with Crippen LogP contribution in [-0.2, 0) is 13.0 Å². The van der Waals surface area contributed by atoms with Crippen molar-refractivity contribution in [3.05, 3.63) is 47.5 Å². The van der Waals surface area contributed by atoms with Crippen LogP contribution in [0.2, 0.25) is 0 Å². The predicted molar refractivity (Wildman–Crippen MR) is 81.7 cm³/mol. The molecule has 0 saturated heterocycles. The van der Waals surface area contributed by atoms with Crippen LogP contribution in [0, 0.1) is 0 Å². The molecule has 1 saturated carbocycles. The summed E-state index contributed by atoms with van der Waals surface area (Å²) in [6.45, 7) is 3.55.